The van der Waals surface area contributed by atoms with Gasteiger partial charge < -0.3 is 5.73 Å². The molecular weight excluding hydrogens is 224 g/mol. The van der Waals surface area contributed by atoms with Gasteiger partial charge in [-0.3, -0.25) is 4.68 Å². The number of hydrogen-bond donors (Lipinski definition) is 1. The van der Waals surface area contributed by atoms with Crippen LogP contribution < -0.4 is 5.73 Å². The number of aromatic nitrogens is 3. The third-order valence-electron chi connectivity index (χ3n) is 2.97. The summed E-state index contributed by atoms with van der Waals surface area (Å²) in [6.45, 7) is 4.22. The van der Waals surface area contributed by atoms with Crippen molar-refractivity contribution in [3.05, 3.63) is 41.5 Å². The molecule has 0 saturated heterocycles. The zero-order valence-electron chi connectivity index (χ0n) is 11.2. The predicted molar refractivity (Wildman–Crippen MR) is 73.4 cm³/mol. The second kappa shape index (κ2) is 5.21. The van der Waals surface area contributed by atoms with E-state index in [0.717, 1.165) is 30.2 Å². The van der Waals surface area contributed by atoms with Crippen molar-refractivity contribution in [1.29, 1.82) is 0 Å². The van der Waals surface area contributed by atoms with Crippen molar-refractivity contribution in [3.63, 3.8) is 0 Å². The molecule has 0 unspecified atom stereocenters. The van der Waals surface area contributed by atoms with Crippen molar-refractivity contribution in [3.8, 4) is 0 Å². The van der Waals surface area contributed by atoms with Gasteiger partial charge in [-0.2, -0.15) is 5.10 Å². The van der Waals surface area contributed by atoms with Crippen LogP contribution in [0, 0.1) is 0 Å². The number of anilines is 1. The molecule has 0 aliphatic heterocycles. The Bertz CT molecular complexity index is 528. The Morgan fingerprint density at radius 2 is 2.06 bits per heavy atom. The van der Waals surface area contributed by atoms with Crippen LogP contribution in [0.5, 0.6) is 0 Å². The van der Waals surface area contributed by atoms with Gasteiger partial charge in [0.05, 0.1) is 0 Å². The SMILES string of the molecule is CC(C)c1nc(CCc2cccc(N)c2)n(C)n1. The van der Waals surface area contributed by atoms with E-state index < -0.39 is 0 Å². The smallest absolute Gasteiger partial charge is 0.153 e. The largest absolute Gasteiger partial charge is 0.399 e. The lowest BCUT2D eigenvalue weighted by Crippen LogP contribution is -2.02. The molecule has 4 nitrogen and oxygen atoms in total. The Hall–Kier alpha value is -1.84. The number of nitrogens with zero attached hydrogens (tertiary/aromatic N) is 3. The Labute approximate surface area is 108 Å². The van der Waals surface area contributed by atoms with Crippen LogP contribution in [0.3, 0.4) is 0 Å². The summed E-state index contributed by atoms with van der Waals surface area (Å²) < 4.78 is 1.88. The van der Waals surface area contributed by atoms with Gasteiger partial charge in [0.2, 0.25) is 0 Å². The van der Waals surface area contributed by atoms with Crippen molar-refractivity contribution in [1.82, 2.24) is 14.8 Å². The minimum absolute atomic E-state index is 0.373. The van der Waals surface area contributed by atoms with E-state index in [0.29, 0.717) is 5.92 Å². The topological polar surface area (TPSA) is 56.7 Å². The van der Waals surface area contributed by atoms with Crippen LogP contribution in [0.25, 0.3) is 0 Å². The molecule has 2 aromatic rings. The highest BCUT2D eigenvalue weighted by Gasteiger charge is 2.10. The summed E-state index contributed by atoms with van der Waals surface area (Å²) >= 11 is 0. The third kappa shape index (κ3) is 2.88. The van der Waals surface area contributed by atoms with Gasteiger partial charge >= 0.3 is 0 Å². The first kappa shape index (κ1) is 12.6. The van der Waals surface area contributed by atoms with E-state index in [1.165, 1.54) is 5.56 Å². The number of nitrogens with two attached hydrogens (primary N) is 1. The first-order valence-electron chi connectivity index (χ1n) is 6.30. The van der Waals surface area contributed by atoms with Gasteiger partial charge in [0.1, 0.15) is 5.82 Å². The molecule has 0 radical (unpaired) electrons. The number of rotatable bonds is 4. The molecule has 0 bridgehead atoms. The lowest BCUT2D eigenvalue weighted by molar-refractivity contribution is 0.676. The van der Waals surface area contributed by atoms with E-state index >= 15 is 0 Å². The van der Waals surface area contributed by atoms with Crippen LogP contribution in [0.1, 0.15) is 37.0 Å². The number of benzene rings is 1. The second-order valence-corrected chi connectivity index (χ2v) is 4.91. The maximum Gasteiger partial charge on any atom is 0.153 e. The zero-order chi connectivity index (χ0) is 13.1. The molecular formula is C14H20N4. The molecule has 0 aliphatic carbocycles. The number of hydrogen-bond acceptors (Lipinski definition) is 3. The van der Waals surface area contributed by atoms with Crippen LogP contribution in [-0.2, 0) is 19.9 Å². The monoisotopic (exact) mass is 244 g/mol. The van der Waals surface area contributed by atoms with Crippen molar-refractivity contribution in [2.45, 2.75) is 32.6 Å². The van der Waals surface area contributed by atoms with Crippen molar-refractivity contribution < 1.29 is 0 Å². The van der Waals surface area contributed by atoms with Crippen molar-refractivity contribution in [2.75, 3.05) is 5.73 Å². The lowest BCUT2D eigenvalue weighted by atomic mass is 10.1. The average Bonchev–Trinajstić information content (AvgIpc) is 2.68. The van der Waals surface area contributed by atoms with Gasteiger partial charge in [-0.25, -0.2) is 4.98 Å². The Balaban J connectivity index is 2.06. The van der Waals surface area contributed by atoms with E-state index in [1.807, 2.05) is 29.9 Å². The minimum atomic E-state index is 0.373. The highest BCUT2D eigenvalue weighted by molar-refractivity contribution is 5.40. The van der Waals surface area contributed by atoms with Gasteiger partial charge in [0, 0.05) is 25.1 Å². The molecule has 1 heterocycles. The molecule has 96 valence electrons. The van der Waals surface area contributed by atoms with Crippen LogP contribution in [0.15, 0.2) is 24.3 Å². The molecule has 2 rings (SSSR count). The molecule has 0 saturated carbocycles. The molecule has 0 spiro atoms. The fourth-order valence-corrected chi connectivity index (χ4v) is 1.91. The van der Waals surface area contributed by atoms with Crippen LogP contribution in [0.4, 0.5) is 5.69 Å². The Morgan fingerprint density at radius 1 is 1.28 bits per heavy atom. The average molecular weight is 244 g/mol. The third-order valence-corrected chi connectivity index (χ3v) is 2.97. The molecule has 0 aliphatic rings. The van der Waals surface area contributed by atoms with Gasteiger partial charge in [-0.15, -0.1) is 0 Å². The fraction of sp³-hybridized carbons (Fsp3) is 0.429. The highest BCUT2D eigenvalue weighted by atomic mass is 15.3. The van der Waals surface area contributed by atoms with Gasteiger partial charge in [0.15, 0.2) is 5.82 Å². The molecule has 4 heteroatoms. The molecule has 0 atom stereocenters. The summed E-state index contributed by atoms with van der Waals surface area (Å²) in [4.78, 5) is 4.57. The summed E-state index contributed by atoms with van der Waals surface area (Å²) in [5, 5.41) is 4.42. The number of aryl methyl sites for hydroxylation is 3. The maximum atomic E-state index is 5.77. The van der Waals surface area contributed by atoms with E-state index in [-0.39, 0.29) is 0 Å². The molecule has 1 aromatic carbocycles. The summed E-state index contributed by atoms with van der Waals surface area (Å²) in [5.41, 5.74) is 7.82. The normalized spacial score (nSPS) is 11.1. The second-order valence-electron chi connectivity index (χ2n) is 4.91. The summed E-state index contributed by atoms with van der Waals surface area (Å²) in [7, 11) is 1.95. The standard InChI is InChI=1S/C14H20N4/c1-10(2)14-16-13(18(3)17-14)8-7-11-5-4-6-12(15)9-11/h4-6,9-10H,7-8,15H2,1-3H3. The summed E-state index contributed by atoms with van der Waals surface area (Å²) in [5.74, 6) is 2.32. The van der Waals surface area contributed by atoms with Crippen molar-refractivity contribution >= 4 is 5.69 Å². The van der Waals surface area contributed by atoms with E-state index in [1.54, 1.807) is 0 Å². The first-order valence-corrected chi connectivity index (χ1v) is 6.30. The molecule has 2 N–H and O–H groups in total. The number of nitrogen functional groups attached to an aromatic ring is 1. The predicted octanol–water partition coefficient (Wildman–Crippen LogP) is 2.31. The van der Waals surface area contributed by atoms with E-state index in [9.17, 15) is 0 Å². The van der Waals surface area contributed by atoms with Crippen LogP contribution in [-0.4, -0.2) is 14.8 Å². The van der Waals surface area contributed by atoms with Crippen LogP contribution >= 0.6 is 0 Å². The van der Waals surface area contributed by atoms with Gasteiger partial charge in [-0.05, 0) is 24.1 Å². The Morgan fingerprint density at radius 3 is 2.67 bits per heavy atom. The molecule has 0 amide bonds. The highest BCUT2D eigenvalue weighted by Crippen LogP contribution is 2.12. The van der Waals surface area contributed by atoms with Crippen LogP contribution in [0.2, 0.25) is 0 Å². The molecule has 0 fully saturated rings. The fourth-order valence-electron chi connectivity index (χ4n) is 1.91. The van der Waals surface area contributed by atoms with Gasteiger partial charge in [-0.1, -0.05) is 26.0 Å². The Kier molecular flexibility index (Phi) is 3.65. The zero-order valence-corrected chi connectivity index (χ0v) is 11.2. The van der Waals surface area contributed by atoms with Gasteiger partial charge in [0.25, 0.3) is 0 Å². The molecule has 1 aromatic heterocycles. The molecule has 18 heavy (non-hydrogen) atoms. The van der Waals surface area contributed by atoms with Crippen molar-refractivity contribution in [2.24, 2.45) is 7.05 Å². The summed E-state index contributed by atoms with van der Waals surface area (Å²) in [6, 6.07) is 8.00. The lowest BCUT2D eigenvalue weighted by Gasteiger charge is -2.02. The van der Waals surface area contributed by atoms with E-state index in [2.05, 4.69) is 30.0 Å². The summed E-state index contributed by atoms with van der Waals surface area (Å²) in [6.07, 6.45) is 1.83. The maximum absolute atomic E-state index is 5.77. The first-order chi connectivity index (χ1) is 8.56. The van der Waals surface area contributed by atoms with E-state index in [4.69, 9.17) is 5.73 Å². The minimum Gasteiger partial charge on any atom is -0.399 e. The quantitative estimate of drug-likeness (QED) is 0.840.